The van der Waals surface area contributed by atoms with Crippen LogP contribution in [0.2, 0.25) is 0 Å². The summed E-state index contributed by atoms with van der Waals surface area (Å²) in [5, 5.41) is 4.39. The first-order valence-corrected chi connectivity index (χ1v) is 8.83. The summed E-state index contributed by atoms with van der Waals surface area (Å²) in [7, 11) is 4.80. The van der Waals surface area contributed by atoms with Crippen LogP contribution in [0.4, 0.5) is 5.82 Å². The molecule has 6 nitrogen and oxygen atoms in total. The molecule has 0 aliphatic heterocycles. The minimum atomic E-state index is -0.0409. The van der Waals surface area contributed by atoms with E-state index >= 15 is 0 Å². The van der Waals surface area contributed by atoms with Crippen LogP contribution in [0.3, 0.4) is 0 Å². The molecule has 2 aromatic carbocycles. The topological polar surface area (TPSA) is 65.5 Å². The monoisotopic (exact) mass is 417 g/mol. The first-order valence-electron chi connectivity index (χ1n) is 8.04. The summed E-state index contributed by atoms with van der Waals surface area (Å²) in [4.78, 5) is 8.71. The maximum atomic E-state index is 5.44. The van der Waals surface area contributed by atoms with Crippen molar-refractivity contribution in [1.29, 1.82) is 0 Å². The number of halogens is 1. The van der Waals surface area contributed by atoms with Crippen molar-refractivity contribution in [3.8, 4) is 17.2 Å². The van der Waals surface area contributed by atoms with Crippen molar-refractivity contribution in [3.63, 3.8) is 0 Å². The Morgan fingerprint density at radius 2 is 1.65 bits per heavy atom. The smallest absolute Gasteiger partial charge is 0.203 e. The van der Waals surface area contributed by atoms with Crippen LogP contribution in [0, 0.1) is 0 Å². The first kappa shape index (κ1) is 18.3. The molecule has 0 radical (unpaired) electrons. The fourth-order valence-corrected chi connectivity index (χ4v) is 3.14. The minimum absolute atomic E-state index is 0.0409. The number of rotatable bonds is 6. The SMILES string of the molecule is COc1cc(C(C)Nc2ncnc3ccc(Br)cc23)cc(OC)c1OC. The maximum absolute atomic E-state index is 5.44. The van der Waals surface area contributed by atoms with Gasteiger partial charge in [-0.3, -0.25) is 0 Å². The van der Waals surface area contributed by atoms with E-state index < -0.39 is 0 Å². The van der Waals surface area contributed by atoms with E-state index in [0.717, 1.165) is 26.8 Å². The second-order valence-corrected chi connectivity index (χ2v) is 6.62. The Bertz CT molecular complexity index is 908. The number of hydrogen-bond donors (Lipinski definition) is 1. The number of anilines is 1. The van der Waals surface area contributed by atoms with Crippen molar-refractivity contribution < 1.29 is 14.2 Å². The number of ether oxygens (including phenoxy) is 3. The Hall–Kier alpha value is -2.54. The zero-order chi connectivity index (χ0) is 18.7. The van der Waals surface area contributed by atoms with Gasteiger partial charge in [0.25, 0.3) is 0 Å². The second-order valence-electron chi connectivity index (χ2n) is 5.71. The van der Waals surface area contributed by atoms with Crippen molar-refractivity contribution in [2.24, 2.45) is 0 Å². The fraction of sp³-hybridized carbons (Fsp3) is 0.263. The molecule has 7 heteroatoms. The van der Waals surface area contributed by atoms with E-state index in [2.05, 4.69) is 31.2 Å². The number of nitrogens with one attached hydrogen (secondary N) is 1. The highest BCUT2D eigenvalue weighted by Crippen LogP contribution is 2.40. The molecule has 1 aromatic heterocycles. The normalized spacial score (nSPS) is 11.9. The number of fused-ring (bicyclic) bond motifs is 1. The van der Waals surface area contributed by atoms with Gasteiger partial charge in [-0.2, -0.15) is 0 Å². The average molecular weight is 418 g/mol. The van der Waals surface area contributed by atoms with E-state index in [9.17, 15) is 0 Å². The summed E-state index contributed by atoms with van der Waals surface area (Å²) >= 11 is 3.50. The summed E-state index contributed by atoms with van der Waals surface area (Å²) in [6.07, 6.45) is 1.56. The molecule has 0 aliphatic rings. The average Bonchev–Trinajstić information content (AvgIpc) is 2.67. The Morgan fingerprint density at radius 3 is 2.27 bits per heavy atom. The molecule has 0 aliphatic carbocycles. The van der Waals surface area contributed by atoms with E-state index in [1.54, 1.807) is 27.7 Å². The summed E-state index contributed by atoms with van der Waals surface area (Å²) < 4.78 is 17.2. The van der Waals surface area contributed by atoms with Crippen molar-refractivity contribution in [2.45, 2.75) is 13.0 Å². The number of methoxy groups -OCH3 is 3. The Labute approximate surface area is 160 Å². The molecule has 0 saturated heterocycles. The summed E-state index contributed by atoms with van der Waals surface area (Å²) in [5.74, 6) is 2.57. The highest BCUT2D eigenvalue weighted by atomic mass is 79.9. The lowest BCUT2D eigenvalue weighted by molar-refractivity contribution is 0.323. The van der Waals surface area contributed by atoms with E-state index in [1.165, 1.54) is 0 Å². The van der Waals surface area contributed by atoms with Gasteiger partial charge < -0.3 is 19.5 Å². The summed E-state index contributed by atoms with van der Waals surface area (Å²) in [5.41, 5.74) is 1.86. The van der Waals surface area contributed by atoms with Gasteiger partial charge in [0.2, 0.25) is 5.75 Å². The lowest BCUT2D eigenvalue weighted by Gasteiger charge is -2.19. The summed E-state index contributed by atoms with van der Waals surface area (Å²) in [6.45, 7) is 2.05. The van der Waals surface area contributed by atoms with Crippen LogP contribution in [0.15, 0.2) is 41.1 Å². The van der Waals surface area contributed by atoms with Crippen molar-refractivity contribution >= 4 is 32.7 Å². The van der Waals surface area contributed by atoms with Crippen LogP contribution in [0.5, 0.6) is 17.2 Å². The van der Waals surface area contributed by atoms with Gasteiger partial charge in [-0.1, -0.05) is 15.9 Å². The van der Waals surface area contributed by atoms with Crippen LogP contribution in [-0.2, 0) is 0 Å². The molecular weight excluding hydrogens is 398 g/mol. The molecule has 0 amide bonds. The quantitative estimate of drug-likeness (QED) is 0.632. The number of hydrogen-bond acceptors (Lipinski definition) is 6. The molecule has 1 atom stereocenters. The molecule has 1 heterocycles. The zero-order valence-corrected chi connectivity index (χ0v) is 16.6. The molecule has 1 unspecified atom stereocenters. The Balaban J connectivity index is 1.98. The molecule has 3 rings (SSSR count). The van der Waals surface area contributed by atoms with E-state index in [-0.39, 0.29) is 6.04 Å². The minimum Gasteiger partial charge on any atom is -0.493 e. The highest BCUT2D eigenvalue weighted by molar-refractivity contribution is 9.10. The molecule has 0 fully saturated rings. The van der Waals surface area contributed by atoms with Crippen LogP contribution < -0.4 is 19.5 Å². The summed E-state index contributed by atoms with van der Waals surface area (Å²) in [6, 6.07) is 9.73. The van der Waals surface area contributed by atoms with Crippen molar-refractivity contribution in [2.75, 3.05) is 26.6 Å². The molecule has 136 valence electrons. The first-order chi connectivity index (χ1) is 12.6. The molecular formula is C19H20BrN3O3. The standard InChI is InChI=1S/C19H20BrN3O3/c1-11(12-7-16(24-2)18(26-4)17(8-12)25-3)23-19-14-9-13(20)5-6-15(14)21-10-22-19/h5-11H,1-4H3,(H,21,22,23). The molecule has 1 N–H and O–H groups in total. The van der Waals surface area contributed by atoms with Gasteiger partial charge in [0.1, 0.15) is 12.1 Å². The Morgan fingerprint density at radius 1 is 0.962 bits per heavy atom. The van der Waals surface area contributed by atoms with Gasteiger partial charge in [0, 0.05) is 9.86 Å². The second kappa shape index (κ2) is 7.78. The third-order valence-corrected chi connectivity index (χ3v) is 4.63. The van der Waals surface area contributed by atoms with Crippen molar-refractivity contribution in [1.82, 2.24) is 9.97 Å². The fourth-order valence-electron chi connectivity index (χ4n) is 2.78. The van der Waals surface area contributed by atoms with Gasteiger partial charge >= 0.3 is 0 Å². The molecule has 26 heavy (non-hydrogen) atoms. The number of nitrogens with zero attached hydrogens (tertiary/aromatic N) is 2. The van der Waals surface area contributed by atoms with Gasteiger partial charge in [-0.05, 0) is 42.8 Å². The molecule has 0 saturated carbocycles. The van der Waals surface area contributed by atoms with E-state index in [1.807, 2.05) is 37.3 Å². The molecule has 3 aromatic rings. The predicted octanol–water partition coefficient (Wildman–Crippen LogP) is 4.59. The van der Waals surface area contributed by atoms with Gasteiger partial charge in [-0.15, -0.1) is 0 Å². The lowest BCUT2D eigenvalue weighted by Crippen LogP contribution is -2.09. The van der Waals surface area contributed by atoms with Crippen LogP contribution in [0.1, 0.15) is 18.5 Å². The lowest BCUT2D eigenvalue weighted by atomic mass is 10.1. The van der Waals surface area contributed by atoms with Crippen molar-refractivity contribution in [3.05, 3.63) is 46.7 Å². The zero-order valence-electron chi connectivity index (χ0n) is 15.0. The predicted molar refractivity (Wildman–Crippen MR) is 105 cm³/mol. The van der Waals surface area contributed by atoms with Gasteiger partial charge in [0.15, 0.2) is 11.5 Å². The third kappa shape index (κ3) is 3.53. The number of aromatic nitrogens is 2. The van der Waals surface area contributed by atoms with E-state index in [0.29, 0.717) is 17.2 Å². The number of benzene rings is 2. The maximum Gasteiger partial charge on any atom is 0.203 e. The molecule has 0 bridgehead atoms. The highest BCUT2D eigenvalue weighted by Gasteiger charge is 2.17. The van der Waals surface area contributed by atoms with Crippen LogP contribution >= 0.6 is 15.9 Å². The van der Waals surface area contributed by atoms with Gasteiger partial charge in [0.05, 0.1) is 32.9 Å². The van der Waals surface area contributed by atoms with E-state index in [4.69, 9.17) is 14.2 Å². The largest absolute Gasteiger partial charge is 0.493 e. The van der Waals surface area contributed by atoms with Crippen LogP contribution in [0.25, 0.3) is 10.9 Å². The van der Waals surface area contributed by atoms with Gasteiger partial charge in [-0.25, -0.2) is 9.97 Å². The molecule has 0 spiro atoms. The van der Waals surface area contributed by atoms with Crippen LogP contribution in [-0.4, -0.2) is 31.3 Å². The Kier molecular flexibility index (Phi) is 5.46. The third-order valence-electron chi connectivity index (χ3n) is 4.14.